The number of rotatable bonds is 4. The molecule has 2 saturated heterocycles. The number of hydrogen-bond donors (Lipinski definition) is 2. The predicted octanol–water partition coefficient (Wildman–Crippen LogP) is 2.04. The molecule has 0 amide bonds. The molecule has 9 heteroatoms. The fourth-order valence-electron chi connectivity index (χ4n) is 3.95. The number of phenolic OH excluding ortho intramolecular Hbond substituents is 1. The van der Waals surface area contributed by atoms with Gasteiger partial charge in [0.2, 0.25) is 0 Å². The maximum atomic E-state index is 14.5. The molecule has 2 fully saturated rings. The molecular formula is C19H19FN6O2. The number of imidazole rings is 1. The van der Waals surface area contributed by atoms with E-state index in [0.717, 1.165) is 18.5 Å². The van der Waals surface area contributed by atoms with E-state index in [-0.39, 0.29) is 23.5 Å². The van der Waals surface area contributed by atoms with Gasteiger partial charge < -0.3 is 19.7 Å². The van der Waals surface area contributed by atoms with Gasteiger partial charge in [-0.05, 0) is 25.0 Å². The molecule has 2 aliphatic heterocycles. The molecule has 2 bridgehead atoms. The van der Waals surface area contributed by atoms with Crippen LogP contribution in [0.15, 0.2) is 43.1 Å². The fourth-order valence-corrected chi connectivity index (χ4v) is 3.95. The van der Waals surface area contributed by atoms with Crippen molar-refractivity contribution in [2.45, 2.75) is 43.6 Å². The molecule has 0 saturated carbocycles. The standard InChI is InChI=1S/C19H19FN6O2/c20-18-14-4-1-11(23-14)7-16(18)28-17-9-22-19(25-24-17)13-3-2-12(8-15(13)27)26-6-5-21-10-26/h2-3,5-6,8-11,14,16,18,23,27H,1,4,7H2/t11?,14?,16-,18+/m1/s1. The lowest BCUT2D eigenvalue weighted by atomic mass is 10.0. The van der Waals surface area contributed by atoms with Crippen LogP contribution in [0.4, 0.5) is 4.39 Å². The van der Waals surface area contributed by atoms with Crippen LogP contribution in [0.1, 0.15) is 19.3 Å². The number of halogens is 1. The summed E-state index contributed by atoms with van der Waals surface area (Å²) in [6, 6.07) is 5.29. The van der Waals surface area contributed by atoms with Gasteiger partial charge in [-0.2, -0.15) is 0 Å². The van der Waals surface area contributed by atoms with Gasteiger partial charge in [-0.3, -0.25) is 0 Å². The summed E-state index contributed by atoms with van der Waals surface area (Å²) in [5.74, 6) is 0.483. The Bertz CT molecular complexity index is 965. The summed E-state index contributed by atoms with van der Waals surface area (Å²) in [5, 5.41) is 21.7. The molecule has 2 aliphatic rings. The monoisotopic (exact) mass is 382 g/mol. The maximum absolute atomic E-state index is 14.5. The minimum atomic E-state index is -1.07. The van der Waals surface area contributed by atoms with Gasteiger partial charge in [-0.1, -0.05) is 0 Å². The lowest BCUT2D eigenvalue weighted by molar-refractivity contribution is 0.0418. The van der Waals surface area contributed by atoms with Gasteiger partial charge in [-0.25, -0.2) is 14.4 Å². The Labute approximate surface area is 160 Å². The number of ether oxygens (including phenoxy) is 1. The number of aromatic hydroxyl groups is 1. The van der Waals surface area contributed by atoms with Crippen molar-refractivity contribution in [3.8, 4) is 28.7 Å². The van der Waals surface area contributed by atoms with Crippen LogP contribution in [-0.2, 0) is 0 Å². The number of piperidine rings is 1. The zero-order valence-corrected chi connectivity index (χ0v) is 14.9. The highest BCUT2D eigenvalue weighted by Crippen LogP contribution is 2.32. The molecule has 0 aliphatic carbocycles. The predicted molar refractivity (Wildman–Crippen MR) is 97.9 cm³/mol. The normalized spacial score (nSPS) is 26.3. The minimum Gasteiger partial charge on any atom is -0.507 e. The molecule has 2 unspecified atom stereocenters. The summed E-state index contributed by atoms with van der Waals surface area (Å²) in [5.41, 5.74) is 1.22. The molecule has 1 aromatic carbocycles. The molecule has 4 heterocycles. The Kier molecular flexibility index (Phi) is 4.16. The van der Waals surface area contributed by atoms with Crippen LogP contribution in [0.5, 0.6) is 11.6 Å². The van der Waals surface area contributed by atoms with E-state index in [1.165, 1.54) is 6.20 Å². The van der Waals surface area contributed by atoms with Crippen LogP contribution in [0.2, 0.25) is 0 Å². The minimum absolute atomic E-state index is 0.0282. The average molecular weight is 382 g/mol. The molecular weight excluding hydrogens is 363 g/mol. The number of aromatic nitrogens is 5. The summed E-state index contributed by atoms with van der Waals surface area (Å²) in [6.45, 7) is 0. The third-order valence-electron chi connectivity index (χ3n) is 5.37. The molecule has 4 atom stereocenters. The van der Waals surface area contributed by atoms with Crippen molar-refractivity contribution in [3.63, 3.8) is 0 Å². The molecule has 3 aromatic rings. The lowest BCUT2D eigenvalue weighted by Gasteiger charge is -2.32. The van der Waals surface area contributed by atoms with Crippen molar-refractivity contribution in [2.75, 3.05) is 0 Å². The third kappa shape index (κ3) is 3.07. The highest BCUT2D eigenvalue weighted by atomic mass is 19.1. The molecule has 8 nitrogen and oxygen atoms in total. The highest BCUT2D eigenvalue weighted by Gasteiger charge is 2.43. The zero-order valence-electron chi connectivity index (χ0n) is 14.9. The average Bonchev–Trinajstić information content (AvgIpc) is 3.37. The molecule has 28 heavy (non-hydrogen) atoms. The fraction of sp³-hybridized carbons (Fsp3) is 0.368. The van der Waals surface area contributed by atoms with Gasteiger partial charge in [0.1, 0.15) is 11.9 Å². The third-order valence-corrected chi connectivity index (χ3v) is 5.37. The second-order valence-electron chi connectivity index (χ2n) is 7.18. The van der Waals surface area contributed by atoms with E-state index < -0.39 is 12.3 Å². The summed E-state index contributed by atoms with van der Waals surface area (Å²) in [6.07, 6.45) is 7.31. The number of phenols is 1. The first-order valence-corrected chi connectivity index (χ1v) is 9.25. The van der Waals surface area contributed by atoms with Crippen LogP contribution in [0, 0.1) is 0 Å². The van der Waals surface area contributed by atoms with Gasteiger partial charge in [0.25, 0.3) is 5.88 Å². The first-order chi connectivity index (χ1) is 13.7. The van der Waals surface area contributed by atoms with E-state index in [2.05, 4.69) is 25.5 Å². The maximum Gasteiger partial charge on any atom is 0.252 e. The van der Waals surface area contributed by atoms with Gasteiger partial charge in [0.05, 0.1) is 23.8 Å². The Hall–Kier alpha value is -3.07. The Morgan fingerprint density at radius 3 is 2.93 bits per heavy atom. The summed E-state index contributed by atoms with van der Waals surface area (Å²) < 4.78 is 22.0. The lowest BCUT2D eigenvalue weighted by Crippen LogP contribution is -2.51. The number of fused-ring (bicyclic) bond motifs is 2. The number of nitrogens with zero attached hydrogens (tertiary/aromatic N) is 5. The highest BCUT2D eigenvalue weighted by molar-refractivity contribution is 5.65. The van der Waals surface area contributed by atoms with Crippen molar-refractivity contribution >= 4 is 0 Å². The van der Waals surface area contributed by atoms with E-state index in [4.69, 9.17) is 4.74 Å². The van der Waals surface area contributed by atoms with Crippen LogP contribution in [0.25, 0.3) is 17.1 Å². The molecule has 2 N–H and O–H groups in total. The number of hydrogen-bond acceptors (Lipinski definition) is 7. The van der Waals surface area contributed by atoms with Gasteiger partial charge in [0, 0.05) is 37.0 Å². The Morgan fingerprint density at radius 2 is 2.18 bits per heavy atom. The molecule has 0 spiro atoms. The van der Waals surface area contributed by atoms with Gasteiger partial charge >= 0.3 is 0 Å². The molecule has 5 rings (SSSR count). The van der Waals surface area contributed by atoms with Crippen molar-refractivity contribution in [1.29, 1.82) is 0 Å². The van der Waals surface area contributed by atoms with E-state index >= 15 is 0 Å². The van der Waals surface area contributed by atoms with Crippen LogP contribution < -0.4 is 10.1 Å². The zero-order chi connectivity index (χ0) is 19.1. The molecule has 144 valence electrons. The summed E-state index contributed by atoms with van der Waals surface area (Å²) >= 11 is 0. The number of alkyl halides is 1. The topological polar surface area (TPSA) is 98.0 Å². The first kappa shape index (κ1) is 17.1. The van der Waals surface area contributed by atoms with Crippen molar-refractivity contribution < 1.29 is 14.2 Å². The SMILES string of the molecule is Oc1cc(-n2ccnc2)ccc1-c1ncc(O[C@@H]2CC3CCC(N3)[C@@H]2F)nn1. The molecule has 2 aromatic heterocycles. The smallest absolute Gasteiger partial charge is 0.252 e. The number of nitrogens with one attached hydrogen (secondary N) is 1. The molecule has 0 radical (unpaired) electrons. The number of benzene rings is 1. The second-order valence-corrected chi connectivity index (χ2v) is 7.18. The summed E-state index contributed by atoms with van der Waals surface area (Å²) in [4.78, 5) is 8.22. The first-order valence-electron chi connectivity index (χ1n) is 9.25. The Balaban J connectivity index is 1.32. The van der Waals surface area contributed by atoms with Crippen LogP contribution in [-0.4, -0.2) is 54.2 Å². The van der Waals surface area contributed by atoms with Gasteiger partial charge in [-0.15, -0.1) is 10.2 Å². The quantitative estimate of drug-likeness (QED) is 0.712. The van der Waals surface area contributed by atoms with E-state index in [9.17, 15) is 9.50 Å². The van der Waals surface area contributed by atoms with E-state index in [1.54, 1.807) is 35.4 Å². The van der Waals surface area contributed by atoms with Crippen LogP contribution >= 0.6 is 0 Å². The Morgan fingerprint density at radius 1 is 1.25 bits per heavy atom. The van der Waals surface area contributed by atoms with Gasteiger partial charge in [0.15, 0.2) is 12.0 Å². The largest absolute Gasteiger partial charge is 0.507 e. The van der Waals surface area contributed by atoms with Crippen molar-refractivity contribution in [3.05, 3.63) is 43.1 Å². The second kappa shape index (κ2) is 6.83. The summed E-state index contributed by atoms with van der Waals surface area (Å²) in [7, 11) is 0. The van der Waals surface area contributed by atoms with E-state index in [0.29, 0.717) is 18.0 Å². The van der Waals surface area contributed by atoms with Crippen LogP contribution in [0.3, 0.4) is 0 Å². The van der Waals surface area contributed by atoms with E-state index in [1.807, 2.05) is 6.07 Å². The van der Waals surface area contributed by atoms with Crippen molar-refractivity contribution in [2.24, 2.45) is 0 Å². The van der Waals surface area contributed by atoms with Crippen molar-refractivity contribution in [1.82, 2.24) is 30.0 Å².